The van der Waals surface area contributed by atoms with E-state index < -0.39 is 24.6 Å². The van der Waals surface area contributed by atoms with E-state index in [1.807, 2.05) is 33.0 Å². The first-order valence-corrected chi connectivity index (χ1v) is 12.6. The van der Waals surface area contributed by atoms with E-state index in [0.717, 1.165) is 27.8 Å². The zero-order valence-corrected chi connectivity index (χ0v) is 22.0. The van der Waals surface area contributed by atoms with Crippen molar-refractivity contribution in [1.82, 2.24) is 14.8 Å². The third-order valence-corrected chi connectivity index (χ3v) is 6.50. The van der Waals surface area contributed by atoms with Crippen LogP contribution in [-0.2, 0) is 11.8 Å². The molecule has 0 radical (unpaired) electrons. The van der Waals surface area contributed by atoms with Crippen molar-refractivity contribution in [3.8, 4) is 22.4 Å². The maximum absolute atomic E-state index is 13.9. The first-order chi connectivity index (χ1) is 18.0. The lowest BCUT2D eigenvalue weighted by Crippen LogP contribution is -2.19. The summed E-state index contributed by atoms with van der Waals surface area (Å²) in [7, 11) is 1.82. The predicted molar refractivity (Wildman–Crippen MR) is 146 cm³/mol. The highest BCUT2D eigenvalue weighted by Crippen LogP contribution is 2.41. The zero-order valence-electron chi connectivity index (χ0n) is 21.3. The van der Waals surface area contributed by atoms with Crippen LogP contribution < -0.4 is 0 Å². The van der Waals surface area contributed by atoms with E-state index in [4.69, 9.17) is 26.8 Å². The van der Waals surface area contributed by atoms with Gasteiger partial charge < -0.3 is 15.3 Å². The second kappa shape index (κ2) is 11.4. The Morgan fingerprint density at radius 2 is 1.71 bits per heavy atom. The summed E-state index contributed by atoms with van der Waals surface area (Å²) >= 11 is 6.12. The van der Waals surface area contributed by atoms with Crippen molar-refractivity contribution in [2.75, 3.05) is 0 Å². The van der Waals surface area contributed by atoms with Crippen LogP contribution in [-0.4, -0.2) is 48.3 Å². The quantitative estimate of drug-likeness (QED) is 0.248. The van der Waals surface area contributed by atoms with Gasteiger partial charge in [0.05, 0.1) is 29.7 Å². The van der Waals surface area contributed by atoms with Gasteiger partial charge in [-0.05, 0) is 35.7 Å². The summed E-state index contributed by atoms with van der Waals surface area (Å²) < 4.78 is 15.6. The maximum atomic E-state index is 13.9. The van der Waals surface area contributed by atoms with E-state index in [1.165, 1.54) is 18.2 Å². The van der Waals surface area contributed by atoms with Gasteiger partial charge in [-0.25, -0.2) is 14.1 Å². The molecule has 2 aromatic heterocycles. The lowest BCUT2D eigenvalue weighted by atomic mass is 9.90. The molecule has 198 valence electrons. The van der Waals surface area contributed by atoms with Gasteiger partial charge in [-0.15, -0.1) is 0 Å². The average molecular weight is 538 g/mol. The molecule has 0 saturated carbocycles. The van der Waals surface area contributed by atoms with Crippen LogP contribution in [0.1, 0.15) is 43.9 Å². The van der Waals surface area contributed by atoms with Crippen LogP contribution in [0.3, 0.4) is 0 Å². The number of pyridine rings is 1. The van der Waals surface area contributed by atoms with Gasteiger partial charge in [0.15, 0.2) is 5.65 Å². The number of aryl methyl sites for hydroxylation is 1. The monoisotopic (exact) mass is 537 g/mol. The summed E-state index contributed by atoms with van der Waals surface area (Å²) in [5.74, 6) is -1.52. The highest BCUT2D eigenvalue weighted by Gasteiger charge is 2.24. The zero-order chi connectivity index (χ0) is 27.6. The van der Waals surface area contributed by atoms with E-state index in [9.17, 15) is 19.4 Å². The summed E-state index contributed by atoms with van der Waals surface area (Å²) in [4.78, 5) is 15.9. The number of nitrogens with zero attached hydrogens (tertiary/aromatic N) is 3. The van der Waals surface area contributed by atoms with Crippen molar-refractivity contribution in [3.05, 3.63) is 76.7 Å². The highest BCUT2D eigenvalue weighted by atomic mass is 35.5. The molecule has 3 N–H and O–H groups in total. The third kappa shape index (κ3) is 5.93. The molecular formula is C29H29ClFN3O4. The molecule has 0 bridgehead atoms. The summed E-state index contributed by atoms with van der Waals surface area (Å²) in [6, 6.07) is 13.5. The standard InChI is InChI=1S/C29H29ClFN3O4/c1-16(2)27-23(13-12-21(35)14-22(36)15-24(37)38)25(17-6-10-20(31)11-7-17)26-28(33-34(3)29(26)32-27)18-4-8-19(30)9-5-18/h4-13,16,21-22,35-36H,14-15H2,1-3H3,(H,37,38). The summed E-state index contributed by atoms with van der Waals surface area (Å²) in [5, 5.41) is 35.6. The fourth-order valence-corrected chi connectivity index (χ4v) is 4.62. The molecular weight excluding hydrogens is 509 g/mol. The van der Waals surface area contributed by atoms with Gasteiger partial charge in [0.2, 0.25) is 0 Å². The average Bonchev–Trinajstić information content (AvgIpc) is 3.18. The minimum absolute atomic E-state index is 0.0122. The number of carboxylic acids is 1. The van der Waals surface area contributed by atoms with E-state index >= 15 is 0 Å². The van der Waals surface area contributed by atoms with Crippen LogP contribution in [0.15, 0.2) is 54.6 Å². The van der Waals surface area contributed by atoms with E-state index in [2.05, 4.69) is 0 Å². The van der Waals surface area contributed by atoms with Gasteiger partial charge >= 0.3 is 5.97 Å². The number of hydrogen-bond donors (Lipinski definition) is 3. The number of halogens is 2. The first-order valence-electron chi connectivity index (χ1n) is 12.2. The molecule has 4 rings (SSSR count). The van der Waals surface area contributed by atoms with E-state index in [0.29, 0.717) is 21.9 Å². The number of carboxylic acid groups (broad SMARTS) is 1. The third-order valence-electron chi connectivity index (χ3n) is 6.24. The van der Waals surface area contributed by atoms with Crippen LogP contribution in [0.2, 0.25) is 5.02 Å². The molecule has 0 aliphatic rings. The summed E-state index contributed by atoms with van der Waals surface area (Å²) in [6.45, 7) is 4.01. The second-order valence-electron chi connectivity index (χ2n) is 9.54. The fraction of sp³-hybridized carbons (Fsp3) is 0.276. The molecule has 7 nitrogen and oxygen atoms in total. The van der Waals surface area contributed by atoms with Crippen molar-refractivity contribution in [2.24, 2.45) is 7.05 Å². The van der Waals surface area contributed by atoms with Crippen molar-refractivity contribution in [1.29, 1.82) is 0 Å². The van der Waals surface area contributed by atoms with Crippen LogP contribution in [0.5, 0.6) is 0 Å². The Morgan fingerprint density at radius 3 is 2.32 bits per heavy atom. The van der Waals surface area contributed by atoms with Gasteiger partial charge in [-0.2, -0.15) is 5.10 Å². The first kappa shape index (κ1) is 27.4. The molecule has 0 amide bonds. The summed E-state index contributed by atoms with van der Waals surface area (Å²) in [5.41, 5.74) is 5.12. The lowest BCUT2D eigenvalue weighted by molar-refractivity contribution is -0.139. The van der Waals surface area contributed by atoms with Gasteiger partial charge in [-0.3, -0.25) is 4.79 Å². The number of carbonyl (C=O) groups is 1. The Morgan fingerprint density at radius 1 is 1.08 bits per heavy atom. The number of aromatic nitrogens is 3. The Bertz CT molecular complexity index is 1480. The van der Waals surface area contributed by atoms with Crippen LogP contribution in [0, 0.1) is 5.82 Å². The van der Waals surface area contributed by atoms with Crippen molar-refractivity contribution in [2.45, 2.75) is 44.8 Å². The lowest BCUT2D eigenvalue weighted by Gasteiger charge is -2.17. The summed E-state index contributed by atoms with van der Waals surface area (Å²) in [6.07, 6.45) is 0.373. The number of benzene rings is 2. The second-order valence-corrected chi connectivity index (χ2v) is 9.98. The molecule has 2 unspecified atom stereocenters. The number of fused-ring (bicyclic) bond motifs is 1. The Kier molecular flexibility index (Phi) is 8.26. The molecule has 0 fully saturated rings. The Labute approximate surface area is 224 Å². The number of hydrogen-bond acceptors (Lipinski definition) is 5. The van der Waals surface area contributed by atoms with Crippen molar-refractivity contribution >= 4 is 34.7 Å². The minimum Gasteiger partial charge on any atom is -0.481 e. The Hall–Kier alpha value is -3.59. The Balaban J connectivity index is 1.98. The molecule has 4 aromatic rings. The number of rotatable bonds is 9. The van der Waals surface area contributed by atoms with Gasteiger partial charge in [0.1, 0.15) is 11.5 Å². The molecule has 2 aromatic carbocycles. The van der Waals surface area contributed by atoms with Crippen LogP contribution in [0.4, 0.5) is 4.39 Å². The molecule has 38 heavy (non-hydrogen) atoms. The highest BCUT2D eigenvalue weighted by molar-refractivity contribution is 6.30. The largest absolute Gasteiger partial charge is 0.481 e. The SMILES string of the molecule is CC(C)c1nc2c(c(-c3ccc(Cl)cc3)nn2C)c(-c2ccc(F)cc2)c1C=CC(O)CC(O)CC(=O)O. The van der Waals surface area contributed by atoms with Crippen molar-refractivity contribution in [3.63, 3.8) is 0 Å². The molecule has 0 aliphatic heterocycles. The molecule has 0 aliphatic carbocycles. The smallest absolute Gasteiger partial charge is 0.305 e. The van der Waals surface area contributed by atoms with Gasteiger partial charge in [0, 0.05) is 35.2 Å². The fourth-order valence-electron chi connectivity index (χ4n) is 4.50. The molecule has 2 atom stereocenters. The maximum Gasteiger partial charge on any atom is 0.305 e. The van der Waals surface area contributed by atoms with Gasteiger partial charge in [-0.1, -0.05) is 61.9 Å². The minimum atomic E-state index is -1.19. The molecule has 0 saturated heterocycles. The molecule has 9 heteroatoms. The topological polar surface area (TPSA) is 108 Å². The number of aliphatic carboxylic acids is 1. The van der Waals surface area contributed by atoms with Crippen molar-refractivity contribution < 1.29 is 24.5 Å². The number of aliphatic hydroxyl groups excluding tert-OH is 2. The van der Waals surface area contributed by atoms with Gasteiger partial charge in [0.25, 0.3) is 0 Å². The van der Waals surface area contributed by atoms with Crippen LogP contribution >= 0.6 is 11.6 Å². The normalized spacial score (nSPS) is 13.5. The number of aliphatic hydroxyl groups is 2. The van der Waals surface area contributed by atoms with Crippen LogP contribution in [0.25, 0.3) is 39.5 Å². The molecule has 0 spiro atoms. The molecule has 2 heterocycles. The van der Waals surface area contributed by atoms with E-state index in [1.54, 1.807) is 35.0 Å². The predicted octanol–water partition coefficient (Wildman–Crippen LogP) is 5.82. The van der Waals surface area contributed by atoms with E-state index in [-0.39, 0.29) is 18.2 Å².